The van der Waals surface area contributed by atoms with E-state index in [1.54, 1.807) is 31.4 Å². The van der Waals surface area contributed by atoms with Gasteiger partial charge in [0.1, 0.15) is 11.5 Å². The number of halogens is 1. The lowest BCUT2D eigenvalue weighted by Gasteiger charge is -2.08. The van der Waals surface area contributed by atoms with Gasteiger partial charge in [-0.05, 0) is 42.5 Å². The van der Waals surface area contributed by atoms with E-state index in [0.717, 1.165) is 16.9 Å². The number of para-hydroxylation sites is 1. The fraction of sp³-hybridized carbons (Fsp3) is 0.105. The Balaban J connectivity index is 1.69. The molecule has 1 heterocycles. The van der Waals surface area contributed by atoms with Crippen molar-refractivity contribution in [3.8, 4) is 17.1 Å². The molecule has 122 valence electrons. The normalized spacial score (nSPS) is 10.4. The zero-order valence-electron chi connectivity index (χ0n) is 13.1. The molecule has 0 saturated carbocycles. The van der Waals surface area contributed by atoms with E-state index < -0.39 is 0 Å². The quantitative estimate of drug-likeness (QED) is 0.741. The largest absolute Gasteiger partial charge is 0.496 e. The number of carbonyl (C=O) groups excluding carboxylic acids is 1. The summed E-state index contributed by atoms with van der Waals surface area (Å²) in [5.74, 6) is 1.34. The van der Waals surface area contributed by atoms with E-state index in [0.29, 0.717) is 17.3 Å². The van der Waals surface area contributed by atoms with Crippen LogP contribution < -0.4 is 10.1 Å². The minimum absolute atomic E-state index is 0.259. The molecule has 4 nitrogen and oxygen atoms in total. The number of furan rings is 1. The summed E-state index contributed by atoms with van der Waals surface area (Å²) >= 11 is 5.87. The van der Waals surface area contributed by atoms with Gasteiger partial charge in [0.2, 0.25) is 0 Å². The summed E-state index contributed by atoms with van der Waals surface area (Å²) in [6, 6.07) is 18.2. The van der Waals surface area contributed by atoms with Gasteiger partial charge >= 0.3 is 0 Å². The molecular formula is C19H16ClNO3. The summed E-state index contributed by atoms with van der Waals surface area (Å²) in [6.07, 6.45) is 0. The Morgan fingerprint density at radius 2 is 1.83 bits per heavy atom. The predicted octanol–water partition coefficient (Wildman–Crippen LogP) is 4.54. The molecule has 1 N–H and O–H groups in total. The maximum absolute atomic E-state index is 12.2. The second kappa shape index (κ2) is 7.23. The third-order valence-corrected chi connectivity index (χ3v) is 3.84. The van der Waals surface area contributed by atoms with Crippen molar-refractivity contribution in [2.45, 2.75) is 6.54 Å². The Labute approximate surface area is 145 Å². The van der Waals surface area contributed by atoms with Gasteiger partial charge in [-0.15, -0.1) is 0 Å². The SMILES string of the molecule is COc1ccccc1CNC(=O)c1ccc(-c2ccc(Cl)cc2)o1. The number of amides is 1. The van der Waals surface area contributed by atoms with Gasteiger partial charge in [0.25, 0.3) is 5.91 Å². The van der Waals surface area contributed by atoms with Gasteiger partial charge in [-0.3, -0.25) is 4.79 Å². The molecule has 0 radical (unpaired) electrons. The van der Waals surface area contributed by atoms with Crippen molar-refractivity contribution in [3.63, 3.8) is 0 Å². The Kier molecular flexibility index (Phi) is 4.87. The number of carbonyl (C=O) groups is 1. The van der Waals surface area contributed by atoms with Crippen molar-refractivity contribution in [2.24, 2.45) is 0 Å². The first kappa shape index (κ1) is 16.1. The second-order valence-electron chi connectivity index (χ2n) is 5.17. The van der Waals surface area contributed by atoms with Crippen LogP contribution in [0.2, 0.25) is 5.02 Å². The molecule has 1 aromatic heterocycles. The second-order valence-corrected chi connectivity index (χ2v) is 5.60. The Morgan fingerprint density at radius 1 is 1.08 bits per heavy atom. The molecule has 3 rings (SSSR count). The van der Waals surface area contributed by atoms with E-state index >= 15 is 0 Å². The third kappa shape index (κ3) is 3.60. The van der Waals surface area contributed by atoms with Crippen molar-refractivity contribution in [1.29, 1.82) is 0 Å². The molecule has 0 unspecified atom stereocenters. The van der Waals surface area contributed by atoms with Gasteiger partial charge in [0.05, 0.1) is 7.11 Å². The van der Waals surface area contributed by atoms with Crippen molar-refractivity contribution >= 4 is 17.5 Å². The molecule has 0 atom stereocenters. The molecule has 2 aromatic carbocycles. The summed E-state index contributed by atoms with van der Waals surface area (Å²) in [4.78, 5) is 12.2. The number of hydrogen-bond donors (Lipinski definition) is 1. The maximum Gasteiger partial charge on any atom is 0.287 e. The first-order valence-electron chi connectivity index (χ1n) is 7.43. The standard InChI is InChI=1S/C19H16ClNO3/c1-23-16-5-3-2-4-14(16)12-21-19(22)18-11-10-17(24-18)13-6-8-15(20)9-7-13/h2-11H,12H2,1H3,(H,21,22). The molecule has 0 saturated heterocycles. The third-order valence-electron chi connectivity index (χ3n) is 3.59. The molecule has 0 fully saturated rings. The van der Waals surface area contributed by atoms with Gasteiger partial charge in [0.15, 0.2) is 5.76 Å². The Bertz CT molecular complexity index is 840. The highest BCUT2D eigenvalue weighted by Gasteiger charge is 2.13. The molecule has 3 aromatic rings. The van der Waals surface area contributed by atoms with Crippen molar-refractivity contribution in [3.05, 3.63) is 77.0 Å². The monoisotopic (exact) mass is 341 g/mol. The molecule has 24 heavy (non-hydrogen) atoms. The molecule has 0 aliphatic carbocycles. The van der Waals surface area contributed by atoms with E-state index in [9.17, 15) is 4.79 Å². The van der Waals surface area contributed by atoms with Crippen LogP contribution in [0.4, 0.5) is 0 Å². The molecule has 0 bridgehead atoms. The Hall–Kier alpha value is -2.72. The fourth-order valence-corrected chi connectivity index (χ4v) is 2.47. The average molecular weight is 342 g/mol. The summed E-state index contributed by atoms with van der Waals surface area (Å²) in [5, 5.41) is 3.48. The van der Waals surface area contributed by atoms with E-state index in [-0.39, 0.29) is 11.7 Å². The summed E-state index contributed by atoms with van der Waals surface area (Å²) in [7, 11) is 1.60. The average Bonchev–Trinajstić information content (AvgIpc) is 3.10. The van der Waals surface area contributed by atoms with E-state index in [2.05, 4.69) is 5.32 Å². The van der Waals surface area contributed by atoms with Gasteiger partial charge in [0, 0.05) is 22.7 Å². The van der Waals surface area contributed by atoms with E-state index in [1.165, 1.54) is 0 Å². The van der Waals surface area contributed by atoms with Crippen LogP contribution in [-0.2, 0) is 6.54 Å². The van der Waals surface area contributed by atoms with Crippen molar-refractivity contribution in [1.82, 2.24) is 5.32 Å². The summed E-state index contributed by atoms with van der Waals surface area (Å²) < 4.78 is 10.9. The van der Waals surface area contributed by atoms with E-state index in [4.69, 9.17) is 20.8 Å². The van der Waals surface area contributed by atoms with Crippen LogP contribution in [0.15, 0.2) is 65.1 Å². The van der Waals surface area contributed by atoms with E-state index in [1.807, 2.05) is 36.4 Å². The first-order chi connectivity index (χ1) is 11.7. The van der Waals surface area contributed by atoms with Gasteiger partial charge in [-0.25, -0.2) is 0 Å². The number of nitrogens with one attached hydrogen (secondary N) is 1. The van der Waals surface area contributed by atoms with Crippen LogP contribution in [0.25, 0.3) is 11.3 Å². The summed E-state index contributed by atoms with van der Waals surface area (Å²) in [6.45, 7) is 0.361. The van der Waals surface area contributed by atoms with Crippen LogP contribution in [0, 0.1) is 0 Å². The van der Waals surface area contributed by atoms with Crippen molar-refractivity contribution in [2.75, 3.05) is 7.11 Å². The van der Waals surface area contributed by atoms with Crippen LogP contribution in [-0.4, -0.2) is 13.0 Å². The highest BCUT2D eigenvalue weighted by Crippen LogP contribution is 2.24. The van der Waals surface area contributed by atoms with Gasteiger partial charge in [-0.2, -0.15) is 0 Å². The number of methoxy groups -OCH3 is 1. The Morgan fingerprint density at radius 3 is 2.58 bits per heavy atom. The van der Waals surface area contributed by atoms with Crippen LogP contribution >= 0.6 is 11.6 Å². The molecule has 0 spiro atoms. The zero-order chi connectivity index (χ0) is 16.9. The van der Waals surface area contributed by atoms with Crippen molar-refractivity contribution < 1.29 is 13.9 Å². The highest BCUT2D eigenvalue weighted by atomic mass is 35.5. The molecule has 5 heteroatoms. The zero-order valence-corrected chi connectivity index (χ0v) is 13.8. The lowest BCUT2D eigenvalue weighted by Crippen LogP contribution is -2.22. The topological polar surface area (TPSA) is 51.5 Å². The molecule has 1 amide bonds. The molecule has 0 aliphatic heterocycles. The number of rotatable bonds is 5. The van der Waals surface area contributed by atoms with Crippen LogP contribution in [0.5, 0.6) is 5.75 Å². The van der Waals surface area contributed by atoms with Gasteiger partial charge in [-0.1, -0.05) is 29.8 Å². The van der Waals surface area contributed by atoms with Crippen LogP contribution in [0.3, 0.4) is 0 Å². The lowest BCUT2D eigenvalue weighted by molar-refractivity contribution is 0.0924. The lowest BCUT2D eigenvalue weighted by atomic mass is 10.2. The highest BCUT2D eigenvalue weighted by molar-refractivity contribution is 6.30. The molecule has 0 aliphatic rings. The van der Waals surface area contributed by atoms with Gasteiger partial charge < -0.3 is 14.5 Å². The first-order valence-corrected chi connectivity index (χ1v) is 7.81. The molecular weight excluding hydrogens is 326 g/mol. The maximum atomic E-state index is 12.2. The minimum atomic E-state index is -0.277. The number of hydrogen-bond acceptors (Lipinski definition) is 3. The number of ether oxygens (including phenoxy) is 1. The number of benzene rings is 2. The fourth-order valence-electron chi connectivity index (χ4n) is 2.34. The minimum Gasteiger partial charge on any atom is -0.496 e. The summed E-state index contributed by atoms with van der Waals surface area (Å²) in [5.41, 5.74) is 1.76. The predicted molar refractivity (Wildman–Crippen MR) is 93.3 cm³/mol. The smallest absolute Gasteiger partial charge is 0.287 e. The van der Waals surface area contributed by atoms with Crippen LogP contribution in [0.1, 0.15) is 16.1 Å².